The molecule has 1 aromatic heterocycles. The summed E-state index contributed by atoms with van der Waals surface area (Å²) in [6.45, 7) is -0.263. The molecular formula is C17H11BrClF3N2O. The molecule has 0 aliphatic heterocycles. The molecule has 0 aliphatic carbocycles. The Hall–Kier alpha value is -1.86. The van der Waals surface area contributed by atoms with Crippen molar-refractivity contribution in [3.8, 4) is 0 Å². The van der Waals surface area contributed by atoms with Crippen molar-refractivity contribution in [2.75, 3.05) is 0 Å². The number of hydrogen-bond donors (Lipinski definition) is 0. The van der Waals surface area contributed by atoms with Gasteiger partial charge in [0.05, 0.1) is 28.9 Å². The van der Waals surface area contributed by atoms with Gasteiger partial charge in [-0.05, 0) is 39.7 Å². The van der Waals surface area contributed by atoms with Gasteiger partial charge in [0.2, 0.25) is 0 Å². The van der Waals surface area contributed by atoms with E-state index >= 15 is 0 Å². The van der Waals surface area contributed by atoms with Crippen LogP contribution in [0.2, 0.25) is 0 Å². The SMILES string of the molecule is O=c1c2c(Br)cccc2nc(CCl)n1Cc1ccccc1C(F)(F)F. The Morgan fingerprint density at radius 3 is 2.52 bits per heavy atom. The number of hydrogen-bond acceptors (Lipinski definition) is 2. The van der Waals surface area contributed by atoms with Gasteiger partial charge in [-0.25, -0.2) is 4.98 Å². The fourth-order valence-electron chi connectivity index (χ4n) is 2.64. The summed E-state index contributed by atoms with van der Waals surface area (Å²) in [6.07, 6.45) is -4.51. The minimum absolute atomic E-state index is 0.0170. The molecular weight excluding hydrogens is 421 g/mol. The van der Waals surface area contributed by atoms with E-state index in [1.807, 2.05) is 0 Å². The van der Waals surface area contributed by atoms with Crippen LogP contribution >= 0.6 is 27.5 Å². The van der Waals surface area contributed by atoms with Crippen molar-refractivity contribution in [1.82, 2.24) is 9.55 Å². The van der Waals surface area contributed by atoms with Crippen LogP contribution < -0.4 is 5.56 Å². The fourth-order valence-corrected chi connectivity index (χ4v) is 3.37. The average molecular weight is 432 g/mol. The molecule has 0 amide bonds. The number of halogens is 5. The Morgan fingerprint density at radius 2 is 1.84 bits per heavy atom. The van der Waals surface area contributed by atoms with Gasteiger partial charge in [0.1, 0.15) is 5.82 Å². The topological polar surface area (TPSA) is 34.9 Å². The number of aromatic nitrogens is 2. The standard InChI is InChI=1S/C17H11BrClF3N2O/c18-12-6-3-7-13-15(12)16(25)24(14(8-19)23-13)9-10-4-1-2-5-11(10)17(20,21)22/h1-7H,8-9H2. The van der Waals surface area contributed by atoms with Gasteiger partial charge in [-0.3, -0.25) is 9.36 Å². The second-order valence-electron chi connectivity index (χ2n) is 5.34. The first-order valence-electron chi connectivity index (χ1n) is 7.22. The van der Waals surface area contributed by atoms with Gasteiger partial charge in [0.25, 0.3) is 5.56 Å². The Kier molecular flexibility index (Phi) is 4.88. The van der Waals surface area contributed by atoms with E-state index in [4.69, 9.17) is 11.6 Å². The van der Waals surface area contributed by atoms with Crippen LogP contribution in [0.15, 0.2) is 51.7 Å². The lowest BCUT2D eigenvalue weighted by molar-refractivity contribution is -0.138. The predicted octanol–water partition coefficient (Wildman–Crippen LogP) is 4.96. The molecule has 3 nitrogen and oxygen atoms in total. The van der Waals surface area contributed by atoms with Gasteiger partial charge in [-0.15, -0.1) is 11.6 Å². The van der Waals surface area contributed by atoms with Crippen LogP contribution in [0, 0.1) is 0 Å². The predicted molar refractivity (Wildman–Crippen MR) is 93.8 cm³/mol. The van der Waals surface area contributed by atoms with E-state index < -0.39 is 17.3 Å². The van der Waals surface area contributed by atoms with E-state index in [-0.39, 0.29) is 23.8 Å². The molecule has 0 bridgehead atoms. The summed E-state index contributed by atoms with van der Waals surface area (Å²) >= 11 is 9.18. The molecule has 0 N–H and O–H groups in total. The molecule has 2 aromatic carbocycles. The zero-order chi connectivity index (χ0) is 18.2. The highest BCUT2D eigenvalue weighted by molar-refractivity contribution is 9.10. The molecule has 0 unspecified atom stereocenters. The number of nitrogens with zero attached hydrogens (tertiary/aromatic N) is 2. The normalized spacial score (nSPS) is 11.9. The molecule has 0 saturated carbocycles. The molecule has 3 rings (SSSR count). The Morgan fingerprint density at radius 1 is 1.12 bits per heavy atom. The zero-order valence-corrected chi connectivity index (χ0v) is 15.0. The Labute approximate surface area is 154 Å². The third-order valence-electron chi connectivity index (χ3n) is 3.78. The van der Waals surface area contributed by atoms with Gasteiger partial charge in [-0.2, -0.15) is 13.2 Å². The van der Waals surface area contributed by atoms with E-state index in [1.165, 1.54) is 22.8 Å². The highest BCUT2D eigenvalue weighted by Gasteiger charge is 2.33. The smallest absolute Gasteiger partial charge is 0.291 e. The van der Waals surface area contributed by atoms with Crippen LogP contribution in [-0.2, 0) is 18.6 Å². The highest BCUT2D eigenvalue weighted by Crippen LogP contribution is 2.32. The van der Waals surface area contributed by atoms with Crippen molar-refractivity contribution in [2.24, 2.45) is 0 Å². The van der Waals surface area contributed by atoms with Crippen molar-refractivity contribution in [3.63, 3.8) is 0 Å². The molecule has 0 atom stereocenters. The Balaban J connectivity index is 2.22. The molecule has 0 saturated heterocycles. The minimum Gasteiger partial charge on any atom is -0.291 e. The van der Waals surface area contributed by atoms with Crippen molar-refractivity contribution in [3.05, 3.63) is 74.2 Å². The number of fused-ring (bicyclic) bond motifs is 1. The summed E-state index contributed by atoms with van der Waals surface area (Å²) in [4.78, 5) is 17.2. The largest absolute Gasteiger partial charge is 0.416 e. The maximum Gasteiger partial charge on any atom is 0.416 e. The van der Waals surface area contributed by atoms with E-state index in [0.29, 0.717) is 15.4 Å². The van der Waals surface area contributed by atoms with Crippen molar-refractivity contribution in [2.45, 2.75) is 18.6 Å². The monoisotopic (exact) mass is 430 g/mol. The summed E-state index contributed by atoms with van der Waals surface area (Å²) in [5.74, 6) is 0.126. The highest BCUT2D eigenvalue weighted by atomic mass is 79.9. The molecule has 0 radical (unpaired) electrons. The van der Waals surface area contributed by atoms with E-state index in [0.717, 1.165) is 6.07 Å². The second kappa shape index (κ2) is 6.80. The van der Waals surface area contributed by atoms with E-state index in [1.54, 1.807) is 18.2 Å². The summed E-state index contributed by atoms with van der Waals surface area (Å²) < 4.78 is 41.4. The number of alkyl halides is 4. The van der Waals surface area contributed by atoms with Crippen LogP contribution in [0.5, 0.6) is 0 Å². The van der Waals surface area contributed by atoms with Crippen molar-refractivity contribution >= 4 is 38.4 Å². The van der Waals surface area contributed by atoms with Crippen molar-refractivity contribution < 1.29 is 13.2 Å². The van der Waals surface area contributed by atoms with E-state index in [9.17, 15) is 18.0 Å². The molecule has 3 aromatic rings. The third-order valence-corrected chi connectivity index (χ3v) is 4.68. The lowest BCUT2D eigenvalue weighted by atomic mass is 10.1. The molecule has 130 valence electrons. The summed E-state index contributed by atoms with van der Waals surface area (Å²) in [5, 5.41) is 0.306. The van der Waals surface area contributed by atoms with Gasteiger partial charge >= 0.3 is 6.18 Å². The minimum atomic E-state index is -4.51. The quantitative estimate of drug-likeness (QED) is 0.549. The first-order chi connectivity index (χ1) is 11.8. The molecule has 1 heterocycles. The zero-order valence-electron chi connectivity index (χ0n) is 12.6. The number of rotatable bonds is 3. The van der Waals surface area contributed by atoms with Crippen molar-refractivity contribution in [1.29, 1.82) is 0 Å². The number of benzene rings is 2. The van der Waals surface area contributed by atoms with Crippen LogP contribution in [0.1, 0.15) is 17.0 Å². The van der Waals surface area contributed by atoms with Gasteiger partial charge in [0, 0.05) is 4.47 Å². The molecule has 0 spiro atoms. The molecule has 25 heavy (non-hydrogen) atoms. The average Bonchev–Trinajstić information content (AvgIpc) is 2.56. The van der Waals surface area contributed by atoms with Crippen LogP contribution in [0.3, 0.4) is 0 Å². The van der Waals surface area contributed by atoms with Gasteiger partial charge in [0.15, 0.2) is 0 Å². The summed E-state index contributed by atoms with van der Waals surface area (Å²) in [6, 6.07) is 10.2. The second-order valence-corrected chi connectivity index (χ2v) is 6.46. The maximum absolute atomic E-state index is 13.2. The lowest BCUT2D eigenvalue weighted by Crippen LogP contribution is -2.26. The first-order valence-corrected chi connectivity index (χ1v) is 8.54. The first kappa shape index (κ1) is 17.9. The lowest BCUT2D eigenvalue weighted by Gasteiger charge is -2.16. The fraction of sp³-hybridized carbons (Fsp3) is 0.176. The third kappa shape index (κ3) is 3.43. The molecule has 0 fully saturated rings. The summed E-state index contributed by atoms with van der Waals surface area (Å²) in [5.41, 5.74) is -0.799. The van der Waals surface area contributed by atoms with Gasteiger partial charge < -0.3 is 0 Å². The van der Waals surface area contributed by atoms with Crippen LogP contribution in [-0.4, -0.2) is 9.55 Å². The molecule has 8 heteroatoms. The van der Waals surface area contributed by atoms with Crippen LogP contribution in [0.25, 0.3) is 10.9 Å². The van der Waals surface area contributed by atoms with E-state index in [2.05, 4.69) is 20.9 Å². The van der Waals surface area contributed by atoms with Gasteiger partial charge in [-0.1, -0.05) is 24.3 Å². The summed E-state index contributed by atoms with van der Waals surface area (Å²) in [7, 11) is 0. The van der Waals surface area contributed by atoms with Crippen LogP contribution in [0.4, 0.5) is 13.2 Å². The molecule has 0 aliphatic rings. The maximum atomic E-state index is 13.2. The Bertz CT molecular complexity index is 1000.